The first-order chi connectivity index (χ1) is 6.24. The summed E-state index contributed by atoms with van der Waals surface area (Å²) in [6.45, 7) is 6.66. The zero-order chi connectivity index (χ0) is 10.2. The summed E-state index contributed by atoms with van der Waals surface area (Å²) >= 11 is 0. The lowest BCUT2D eigenvalue weighted by molar-refractivity contribution is 0.225. The highest BCUT2D eigenvalue weighted by Crippen LogP contribution is 2.37. The van der Waals surface area contributed by atoms with Crippen molar-refractivity contribution in [1.29, 1.82) is 5.26 Å². The number of hydrogen-bond donors (Lipinski definition) is 0. The molecule has 0 heterocycles. The molecule has 0 saturated heterocycles. The maximum atomic E-state index is 8.81. The van der Waals surface area contributed by atoms with E-state index in [-0.39, 0.29) is 0 Å². The summed E-state index contributed by atoms with van der Waals surface area (Å²) in [6.07, 6.45) is 8.09. The Bertz CT molecular complexity index is 157. The minimum Gasteiger partial charge on any atom is -0.198 e. The molecule has 13 heavy (non-hydrogen) atoms. The van der Waals surface area contributed by atoms with E-state index in [9.17, 15) is 0 Å². The van der Waals surface area contributed by atoms with Crippen molar-refractivity contribution >= 4 is 0 Å². The molecule has 0 spiro atoms. The standard InChI is InChI=1S/C12H23N/c1-4-7-9-12(6-3,8-5-2)10-11-13/h4-10H2,1-3H3. The lowest BCUT2D eigenvalue weighted by Gasteiger charge is -2.30. The summed E-state index contributed by atoms with van der Waals surface area (Å²) in [5, 5.41) is 8.81. The van der Waals surface area contributed by atoms with Crippen LogP contribution in [0.1, 0.15) is 65.7 Å². The van der Waals surface area contributed by atoms with Gasteiger partial charge >= 0.3 is 0 Å². The van der Waals surface area contributed by atoms with Gasteiger partial charge < -0.3 is 0 Å². The number of unbranched alkanes of at least 4 members (excludes halogenated alkanes) is 1. The minimum atomic E-state index is 0.333. The Morgan fingerprint density at radius 1 is 1.08 bits per heavy atom. The van der Waals surface area contributed by atoms with E-state index >= 15 is 0 Å². The van der Waals surface area contributed by atoms with E-state index in [0.717, 1.165) is 12.8 Å². The molecule has 1 heteroatoms. The van der Waals surface area contributed by atoms with Gasteiger partial charge in [0.2, 0.25) is 0 Å². The first-order valence-corrected chi connectivity index (χ1v) is 5.61. The van der Waals surface area contributed by atoms with Gasteiger partial charge in [-0.25, -0.2) is 0 Å². The Balaban J connectivity index is 4.18. The van der Waals surface area contributed by atoms with Gasteiger partial charge in [0.05, 0.1) is 6.07 Å². The third-order valence-electron chi connectivity index (χ3n) is 3.05. The summed E-state index contributed by atoms with van der Waals surface area (Å²) in [6, 6.07) is 2.35. The molecule has 0 aliphatic heterocycles. The topological polar surface area (TPSA) is 23.8 Å². The second-order valence-electron chi connectivity index (χ2n) is 4.04. The van der Waals surface area contributed by atoms with Gasteiger partial charge in [0.15, 0.2) is 0 Å². The van der Waals surface area contributed by atoms with E-state index < -0.39 is 0 Å². The molecule has 0 aromatic heterocycles. The number of nitriles is 1. The van der Waals surface area contributed by atoms with Crippen LogP contribution in [0.3, 0.4) is 0 Å². The average Bonchev–Trinajstić information content (AvgIpc) is 2.15. The molecule has 1 nitrogen and oxygen atoms in total. The van der Waals surface area contributed by atoms with Crippen LogP contribution in [0.2, 0.25) is 0 Å². The molecule has 1 unspecified atom stereocenters. The lowest BCUT2D eigenvalue weighted by Crippen LogP contribution is -2.19. The summed E-state index contributed by atoms with van der Waals surface area (Å²) in [5.74, 6) is 0. The molecule has 0 aliphatic carbocycles. The van der Waals surface area contributed by atoms with Gasteiger partial charge in [0.1, 0.15) is 0 Å². The quantitative estimate of drug-likeness (QED) is 0.575. The van der Waals surface area contributed by atoms with Gasteiger partial charge in [0.25, 0.3) is 0 Å². The highest BCUT2D eigenvalue weighted by Gasteiger charge is 2.25. The molecular formula is C12H23N. The predicted octanol–water partition coefficient (Wildman–Crippen LogP) is 4.29. The largest absolute Gasteiger partial charge is 0.198 e. The maximum absolute atomic E-state index is 8.81. The smallest absolute Gasteiger partial charge is 0.0627 e. The summed E-state index contributed by atoms with van der Waals surface area (Å²) in [5.41, 5.74) is 0.333. The third-order valence-corrected chi connectivity index (χ3v) is 3.05. The van der Waals surface area contributed by atoms with E-state index in [1.165, 1.54) is 32.1 Å². The van der Waals surface area contributed by atoms with Crippen LogP contribution in [-0.2, 0) is 0 Å². The molecule has 76 valence electrons. The fraction of sp³-hybridized carbons (Fsp3) is 0.917. The molecule has 0 aromatic carbocycles. The van der Waals surface area contributed by atoms with Crippen LogP contribution >= 0.6 is 0 Å². The predicted molar refractivity (Wildman–Crippen MR) is 57.4 cm³/mol. The van der Waals surface area contributed by atoms with Crippen molar-refractivity contribution in [2.75, 3.05) is 0 Å². The molecule has 0 saturated carbocycles. The summed E-state index contributed by atoms with van der Waals surface area (Å²) < 4.78 is 0. The van der Waals surface area contributed by atoms with E-state index in [0.29, 0.717) is 5.41 Å². The fourth-order valence-corrected chi connectivity index (χ4v) is 2.03. The Morgan fingerprint density at radius 3 is 2.15 bits per heavy atom. The van der Waals surface area contributed by atoms with E-state index in [4.69, 9.17) is 5.26 Å². The first kappa shape index (κ1) is 12.5. The van der Waals surface area contributed by atoms with Crippen molar-refractivity contribution in [2.24, 2.45) is 5.41 Å². The average molecular weight is 181 g/mol. The Morgan fingerprint density at radius 2 is 1.77 bits per heavy atom. The normalized spacial score (nSPS) is 14.9. The fourth-order valence-electron chi connectivity index (χ4n) is 2.03. The molecular weight excluding hydrogens is 158 g/mol. The minimum absolute atomic E-state index is 0.333. The van der Waals surface area contributed by atoms with Crippen LogP contribution in [0.5, 0.6) is 0 Å². The lowest BCUT2D eigenvalue weighted by atomic mass is 9.74. The Kier molecular flexibility index (Phi) is 6.68. The van der Waals surface area contributed by atoms with Crippen LogP contribution in [-0.4, -0.2) is 0 Å². The molecule has 0 aromatic rings. The van der Waals surface area contributed by atoms with Gasteiger partial charge in [-0.1, -0.05) is 40.0 Å². The monoisotopic (exact) mass is 181 g/mol. The van der Waals surface area contributed by atoms with Crippen molar-refractivity contribution in [2.45, 2.75) is 65.7 Å². The number of rotatable bonds is 7. The van der Waals surface area contributed by atoms with Gasteiger partial charge in [-0.15, -0.1) is 0 Å². The molecule has 0 fully saturated rings. The zero-order valence-electron chi connectivity index (χ0n) is 9.40. The zero-order valence-corrected chi connectivity index (χ0v) is 9.40. The van der Waals surface area contributed by atoms with Crippen molar-refractivity contribution in [1.82, 2.24) is 0 Å². The van der Waals surface area contributed by atoms with Crippen LogP contribution in [0.15, 0.2) is 0 Å². The SMILES string of the molecule is CCCCC(CC)(CC#N)CCC. The highest BCUT2D eigenvalue weighted by atomic mass is 14.3. The maximum Gasteiger partial charge on any atom is 0.0627 e. The van der Waals surface area contributed by atoms with Gasteiger partial charge in [-0.05, 0) is 24.7 Å². The molecule has 1 atom stereocenters. The second-order valence-corrected chi connectivity index (χ2v) is 4.04. The number of hydrogen-bond acceptors (Lipinski definition) is 1. The van der Waals surface area contributed by atoms with Crippen molar-refractivity contribution in [3.63, 3.8) is 0 Å². The second kappa shape index (κ2) is 6.95. The Labute approximate surface area is 83.1 Å². The van der Waals surface area contributed by atoms with E-state index in [2.05, 4.69) is 26.8 Å². The van der Waals surface area contributed by atoms with Crippen molar-refractivity contribution in [3.05, 3.63) is 0 Å². The Hall–Kier alpha value is -0.510. The molecule has 0 bridgehead atoms. The van der Waals surface area contributed by atoms with Crippen LogP contribution in [0.4, 0.5) is 0 Å². The van der Waals surface area contributed by atoms with Crippen molar-refractivity contribution in [3.8, 4) is 6.07 Å². The molecule has 0 N–H and O–H groups in total. The van der Waals surface area contributed by atoms with Crippen LogP contribution < -0.4 is 0 Å². The molecule has 0 rings (SSSR count). The molecule has 0 amide bonds. The third kappa shape index (κ3) is 4.31. The van der Waals surface area contributed by atoms with Gasteiger partial charge in [-0.3, -0.25) is 0 Å². The summed E-state index contributed by atoms with van der Waals surface area (Å²) in [4.78, 5) is 0. The molecule has 0 aliphatic rings. The highest BCUT2D eigenvalue weighted by molar-refractivity contribution is 4.87. The van der Waals surface area contributed by atoms with E-state index in [1.807, 2.05) is 0 Å². The van der Waals surface area contributed by atoms with E-state index in [1.54, 1.807) is 0 Å². The molecule has 0 radical (unpaired) electrons. The van der Waals surface area contributed by atoms with Gasteiger partial charge in [-0.2, -0.15) is 5.26 Å². The van der Waals surface area contributed by atoms with Gasteiger partial charge in [0, 0.05) is 6.42 Å². The summed E-state index contributed by atoms with van der Waals surface area (Å²) in [7, 11) is 0. The number of nitrogens with zero attached hydrogens (tertiary/aromatic N) is 1. The van der Waals surface area contributed by atoms with Crippen molar-refractivity contribution < 1.29 is 0 Å². The first-order valence-electron chi connectivity index (χ1n) is 5.61. The van der Waals surface area contributed by atoms with Crippen LogP contribution in [0.25, 0.3) is 0 Å². The van der Waals surface area contributed by atoms with Crippen LogP contribution in [0, 0.1) is 16.7 Å².